The van der Waals surface area contributed by atoms with Crippen molar-refractivity contribution in [2.45, 2.75) is 52.2 Å². The van der Waals surface area contributed by atoms with Gasteiger partial charge in [-0.1, -0.05) is 6.92 Å². The molecule has 7 heteroatoms. The van der Waals surface area contributed by atoms with Crippen LogP contribution in [0.15, 0.2) is 17.3 Å². The average molecular weight is 350 g/mol. The van der Waals surface area contributed by atoms with Gasteiger partial charge in [0.25, 0.3) is 0 Å². The summed E-state index contributed by atoms with van der Waals surface area (Å²) < 4.78 is 10.8. The molecule has 0 aromatic heterocycles. The van der Waals surface area contributed by atoms with Crippen LogP contribution in [0.1, 0.15) is 40.5 Å². The van der Waals surface area contributed by atoms with Crippen LogP contribution >= 0.6 is 11.6 Å². The van der Waals surface area contributed by atoms with E-state index in [0.717, 1.165) is 12.8 Å². The third-order valence-electron chi connectivity index (χ3n) is 2.55. The van der Waals surface area contributed by atoms with E-state index in [2.05, 4.69) is 4.99 Å². The predicted octanol–water partition coefficient (Wildman–Crippen LogP) is 3.39. The number of allylic oxidation sites excluding steroid dienone is 1. The van der Waals surface area contributed by atoms with Crippen molar-refractivity contribution < 1.29 is 14.3 Å². The summed E-state index contributed by atoms with van der Waals surface area (Å²) in [5.41, 5.74) is 4.27. The summed E-state index contributed by atoms with van der Waals surface area (Å²) >= 11 is 5.52. The van der Waals surface area contributed by atoms with Gasteiger partial charge < -0.3 is 20.1 Å². The predicted molar refractivity (Wildman–Crippen MR) is 97.1 cm³/mol. The Morgan fingerprint density at radius 1 is 1.43 bits per heavy atom. The molecule has 0 fully saturated rings. The van der Waals surface area contributed by atoms with E-state index < -0.39 is 5.60 Å². The lowest BCUT2D eigenvalue weighted by atomic mass is 10.2. The summed E-state index contributed by atoms with van der Waals surface area (Å²) in [5, 5.41) is 0. The molecule has 0 spiro atoms. The normalized spacial score (nSPS) is 12.7. The summed E-state index contributed by atoms with van der Waals surface area (Å²) in [7, 11) is 3.36. The number of amides is 1. The first-order valence-electron chi connectivity index (χ1n) is 7.64. The van der Waals surface area contributed by atoms with Gasteiger partial charge in [-0.15, -0.1) is 11.6 Å². The van der Waals surface area contributed by atoms with Crippen LogP contribution in [0.4, 0.5) is 4.79 Å². The van der Waals surface area contributed by atoms with E-state index in [1.165, 1.54) is 6.34 Å². The fourth-order valence-electron chi connectivity index (χ4n) is 1.34. The molecule has 1 unspecified atom stereocenters. The Kier molecular flexibility index (Phi) is 14.7. The first-order valence-corrected chi connectivity index (χ1v) is 8.18. The second-order valence-corrected chi connectivity index (χ2v) is 6.10. The molecule has 0 saturated heterocycles. The topological polar surface area (TPSA) is 77.2 Å². The second kappa shape index (κ2) is 14.2. The number of alkyl halides is 1. The van der Waals surface area contributed by atoms with Gasteiger partial charge in [-0.25, -0.2) is 4.79 Å². The number of halogens is 1. The molecule has 1 amide bonds. The van der Waals surface area contributed by atoms with Crippen LogP contribution in [0.3, 0.4) is 0 Å². The molecule has 0 aliphatic heterocycles. The van der Waals surface area contributed by atoms with Crippen molar-refractivity contribution in [1.29, 1.82) is 0 Å². The molecule has 2 N–H and O–H groups in total. The van der Waals surface area contributed by atoms with Crippen LogP contribution in [0, 0.1) is 0 Å². The zero-order valence-corrected chi connectivity index (χ0v) is 16.0. The molecule has 6 nitrogen and oxygen atoms in total. The summed E-state index contributed by atoms with van der Waals surface area (Å²) in [5.74, 6) is 0.439. The molecular formula is C16H32ClN3O3. The van der Waals surface area contributed by atoms with Gasteiger partial charge in [0.05, 0.1) is 18.7 Å². The van der Waals surface area contributed by atoms with Crippen LogP contribution in [-0.4, -0.2) is 55.6 Å². The summed E-state index contributed by atoms with van der Waals surface area (Å²) in [6.07, 6.45) is 6.05. The van der Waals surface area contributed by atoms with E-state index in [4.69, 9.17) is 26.8 Å². The van der Waals surface area contributed by atoms with Crippen molar-refractivity contribution >= 4 is 24.0 Å². The van der Waals surface area contributed by atoms with Gasteiger partial charge in [0.1, 0.15) is 5.60 Å². The van der Waals surface area contributed by atoms with E-state index in [1.54, 1.807) is 31.3 Å². The van der Waals surface area contributed by atoms with Gasteiger partial charge in [0.15, 0.2) is 0 Å². The SMILES string of the molecule is CCC(CCN(C)C(=O)OC(C)(C)C)O/C=C/CCl.CN=CN. The number of nitrogens with zero attached hydrogens (tertiary/aromatic N) is 2. The van der Waals surface area contributed by atoms with Crippen LogP contribution in [0.25, 0.3) is 0 Å². The highest BCUT2D eigenvalue weighted by Crippen LogP contribution is 2.11. The Bertz CT molecular complexity index is 351. The van der Waals surface area contributed by atoms with Gasteiger partial charge in [-0.2, -0.15) is 0 Å². The molecular weight excluding hydrogens is 318 g/mol. The second-order valence-electron chi connectivity index (χ2n) is 5.79. The van der Waals surface area contributed by atoms with E-state index in [1.807, 2.05) is 27.7 Å². The minimum Gasteiger partial charge on any atom is -0.498 e. The minimum absolute atomic E-state index is 0.0874. The Morgan fingerprint density at radius 3 is 2.39 bits per heavy atom. The van der Waals surface area contributed by atoms with E-state index in [-0.39, 0.29) is 12.2 Å². The van der Waals surface area contributed by atoms with Crippen molar-refractivity contribution in [2.24, 2.45) is 10.7 Å². The van der Waals surface area contributed by atoms with Gasteiger partial charge in [-0.05, 0) is 33.3 Å². The van der Waals surface area contributed by atoms with Gasteiger partial charge >= 0.3 is 6.09 Å². The zero-order valence-electron chi connectivity index (χ0n) is 15.2. The fraction of sp³-hybridized carbons (Fsp3) is 0.750. The van der Waals surface area contributed by atoms with Crippen LogP contribution in [-0.2, 0) is 9.47 Å². The first-order chi connectivity index (χ1) is 10.7. The molecule has 0 bridgehead atoms. The lowest BCUT2D eigenvalue weighted by molar-refractivity contribution is 0.0267. The van der Waals surface area contributed by atoms with Crippen molar-refractivity contribution in [2.75, 3.05) is 26.5 Å². The maximum atomic E-state index is 11.8. The number of ether oxygens (including phenoxy) is 2. The highest BCUT2D eigenvalue weighted by molar-refractivity contribution is 6.18. The molecule has 0 aromatic carbocycles. The smallest absolute Gasteiger partial charge is 0.410 e. The minimum atomic E-state index is -0.463. The van der Waals surface area contributed by atoms with Gasteiger partial charge in [-0.3, -0.25) is 4.99 Å². The van der Waals surface area contributed by atoms with Gasteiger partial charge in [0, 0.05) is 32.9 Å². The molecule has 0 rings (SSSR count). The molecule has 0 aliphatic rings. The summed E-state index contributed by atoms with van der Waals surface area (Å²) in [6, 6.07) is 0. The number of carbonyl (C=O) groups excluding carboxylic acids is 1. The number of hydrogen-bond donors (Lipinski definition) is 1. The van der Waals surface area contributed by atoms with Crippen LogP contribution in [0.2, 0.25) is 0 Å². The Balaban J connectivity index is 0. The van der Waals surface area contributed by atoms with Crippen LogP contribution < -0.4 is 5.73 Å². The van der Waals surface area contributed by atoms with E-state index >= 15 is 0 Å². The molecule has 0 heterocycles. The molecule has 0 saturated carbocycles. The van der Waals surface area contributed by atoms with Crippen molar-refractivity contribution in [3.63, 3.8) is 0 Å². The third-order valence-corrected chi connectivity index (χ3v) is 2.73. The third kappa shape index (κ3) is 16.8. The zero-order chi connectivity index (χ0) is 18.3. The molecule has 0 aliphatic carbocycles. The lowest BCUT2D eigenvalue weighted by Gasteiger charge is -2.25. The molecule has 23 heavy (non-hydrogen) atoms. The quantitative estimate of drug-likeness (QED) is 0.331. The first kappa shape index (κ1) is 23.8. The number of rotatable bonds is 7. The van der Waals surface area contributed by atoms with Crippen molar-refractivity contribution in [3.05, 3.63) is 12.3 Å². The maximum absolute atomic E-state index is 11.8. The molecule has 1 atom stereocenters. The Hall–Kier alpha value is -1.43. The van der Waals surface area contributed by atoms with Crippen molar-refractivity contribution in [1.82, 2.24) is 4.90 Å². The standard InChI is InChI=1S/C14H26ClNO3.C2H6N2/c1-6-12(18-11-7-9-15)8-10-16(5)13(17)19-14(2,3)4;1-4-2-3/h7,11-12H,6,8-10H2,1-5H3;2H,1H3,(H2,3,4)/b11-7+;. The summed E-state index contributed by atoms with van der Waals surface area (Å²) in [4.78, 5) is 16.7. The molecule has 0 aromatic rings. The largest absolute Gasteiger partial charge is 0.498 e. The molecule has 0 radical (unpaired) electrons. The number of aliphatic imine (C=N–C) groups is 1. The van der Waals surface area contributed by atoms with E-state index in [9.17, 15) is 4.79 Å². The highest BCUT2D eigenvalue weighted by Gasteiger charge is 2.20. The fourth-order valence-corrected chi connectivity index (χ4v) is 1.41. The Morgan fingerprint density at radius 2 is 2.00 bits per heavy atom. The number of nitrogens with two attached hydrogens (primary N) is 1. The number of hydrogen-bond acceptors (Lipinski definition) is 4. The molecule has 136 valence electrons. The Labute approximate surface area is 145 Å². The average Bonchev–Trinajstić information content (AvgIpc) is 2.49. The summed E-state index contributed by atoms with van der Waals surface area (Å²) in [6.45, 7) is 8.21. The maximum Gasteiger partial charge on any atom is 0.410 e. The van der Waals surface area contributed by atoms with Crippen LogP contribution in [0.5, 0.6) is 0 Å². The van der Waals surface area contributed by atoms with Crippen molar-refractivity contribution in [3.8, 4) is 0 Å². The van der Waals surface area contributed by atoms with Gasteiger partial charge in [0.2, 0.25) is 0 Å². The van der Waals surface area contributed by atoms with E-state index in [0.29, 0.717) is 12.4 Å². The highest BCUT2D eigenvalue weighted by atomic mass is 35.5. The monoisotopic (exact) mass is 349 g/mol. The lowest BCUT2D eigenvalue weighted by Crippen LogP contribution is -2.35. The number of carbonyl (C=O) groups is 1.